The number of benzene rings is 1. The van der Waals surface area contributed by atoms with E-state index in [2.05, 4.69) is 22.9 Å². The van der Waals surface area contributed by atoms with E-state index in [1.807, 2.05) is 6.07 Å². The molecular weight excluding hydrogens is 284 g/mol. The Labute approximate surface area is 139 Å². The van der Waals surface area contributed by atoms with E-state index in [1.165, 1.54) is 37.1 Å². The molecule has 1 unspecified atom stereocenters. The van der Waals surface area contributed by atoms with Crippen LogP contribution in [0, 0.1) is 11.8 Å². The number of nitrogens with one attached hydrogen (secondary N) is 1. The molecule has 1 saturated carbocycles. The number of methoxy groups -OCH3 is 1. The van der Waals surface area contributed by atoms with Gasteiger partial charge in [0.2, 0.25) is 0 Å². The molecule has 0 radical (unpaired) electrons. The fraction of sp³-hybridized carbons (Fsp3) is 0.600. The zero-order chi connectivity index (χ0) is 16.4. The third kappa shape index (κ3) is 1.92. The van der Waals surface area contributed by atoms with E-state index in [0.29, 0.717) is 23.8 Å². The first-order valence-electron chi connectivity index (χ1n) is 9.63. The summed E-state index contributed by atoms with van der Waals surface area (Å²) in [5, 5.41) is 1.10. The Morgan fingerprint density at radius 2 is 2.30 bits per heavy atom. The Hall–Kier alpha value is -1.48. The molecule has 3 nitrogen and oxygen atoms in total. The summed E-state index contributed by atoms with van der Waals surface area (Å²) in [6.45, 7) is 4.79. The molecule has 0 amide bonds. The van der Waals surface area contributed by atoms with Crippen LogP contribution in [0.2, 0.25) is 0 Å². The van der Waals surface area contributed by atoms with Crippen molar-refractivity contribution in [1.82, 2.24) is 9.88 Å². The number of nitrogens with zero attached hydrogens (tertiary/aromatic N) is 1. The van der Waals surface area contributed by atoms with Crippen molar-refractivity contribution >= 4 is 10.9 Å². The van der Waals surface area contributed by atoms with Gasteiger partial charge in [0.25, 0.3) is 0 Å². The van der Waals surface area contributed by atoms with Crippen molar-refractivity contribution in [3.8, 4) is 5.75 Å². The van der Waals surface area contributed by atoms with Crippen molar-refractivity contribution < 1.29 is 6.11 Å². The topological polar surface area (TPSA) is 28.3 Å². The number of fused-ring (bicyclic) bond motifs is 4. The molecule has 3 heteroatoms. The third-order valence-electron chi connectivity index (χ3n) is 6.61. The molecule has 5 atom stereocenters. The highest BCUT2D eigenvalue weighted by Gasteiger charge is 2.48. The van der Waals surface area contributed by atoms with Gasteiger partial charge >= 0.3 is 0 Å². The molecule has 23 heavy (non-hydrogen) atoms. The molecule has 0 spiro atoms. The molecule has 3 fully saturated rings. The Kier molecular flexibility index (Phi) is 2.80. The van der Waals surface area contributed by atoms with Crippen LogP contribution in [0.25, 0.3) is 10.9 Å². The lowest BCUT2D eigenvalue weighted by molar-refractivity contribution is -0.0134. The van der Waals surface area contributed by atoms with Crippen LogP contribution in [0.15, 0.2) is 18.2 Å². The first-order valence-corrected chi connectivity index (χ1v) is 9.13. The summed E-state index contributed by atoms with van der Waals surface area (Å²) in [4.78, 5) is 6.49. The van der Waals surface area contributed by atoms with Gasteiger partial charge in [0.05, 0.1) is 8.48 Å². The molecule has 6 rings (SSSR count). The number of ether oxygens (including phenoxy) is 1. The predicted octanol–water partition coefficient (Wildman–Crippen LogP) is 3.94. The number of aromatic amines is 1. The first-order chi connectivity index (χ1) is 11.7. The summed E-state index contributed by atoms with van der Waals surface area (Å²) in [5.41, 5.74) is 3.94. The number of rotatable bonds is 2. The highest BCUT2D eigenvalue weighted by Crippen LogP contribution is 2.51. The Morgan fingerprint density at radius 3 is 3.13 bits per heavy atom. The minimum Gasteiger partial charge on any atom is -0.497 e. The monoisotopic (exact) mass is 312 g/mol. The summed E-state index contributed by atoms with van der Waals surface area (Å²) in [6, 6.07) is 5.27. The maximum absolute atomic E-state index is 8.58. The summed E-state index contributed by atoms with van der Waals surface area (Å²) in [7, 11) is 1.66. The smallest absolute Gasteiger partial charge is 0.119 e. The lowest BCUT2D eigenvalue weighted by Gasteiger charge is -2.53. The van der Waals surface area contributed by atoms with E-state index >= 15 is 0 Å². The second-order valence-corrected chi connectivity index (χ2v) is 7.68. The highest BCUT2D eigenvalue weighted by molar-refractivity contribution is 5.86. The zero-order valence-corrected chi connectivity index (χ0v) is 14.1. The molecule has 1 aromatic carbocycles. The van der Waals surface area contributed by atoms with Crippen molar-refractivity contribution in [3.63, 3.8) is 0 Å². The van der Waals surface area contributed by atoms with Gasteiger partial charge in [-0.25, -0.2) is 0 Å². The second kappa shape index (κ2) is 5.01. The van der Waals surface area contributed by atoms with Crippen LogP contribution in [-0.2, 0) is 6.42 Å². The van der Waals surface area contributed by atoms with Crippen LogP contribution in [0.4, 0.5) is 0 Å². The average molecular weight is 312 g/mol. The average Bonchev–Trinajstić information content (AvgIpc) is 2.94. The van der Waals surface area contributed by atoms with Crippen LogP contribution < -0.4 is 4.74 Å². The van der Waals surface area contributed by atoms with Gasteiger partial charge in [0.1, 0.15) is 5.75 Å². The summed E-state index contributed by atoms with van der Waals surface area (Å²) in [6.07, 6.45) is 5.09. The minimum atomic E-state index is 0.552. The van der Waals surface area contributed by atoms with Gasteiger partial charge in [-0.15, -0.1) is 0 Å². The number of hydrogen-bond acceptors (Lipinski definition) is 2. The SMILES string of the molecule is [3H]c1c(OC)ccc2[nH]c3c(c12)CCN1C[C@@H]2C[C@H](CC)[C@H]1[C@H]3C2. The maximum Gasteiger partial charge on any atom is 0.119 e. The van der Waals surface area contributed by atoms with Gasteiger partial charge in [-0.3, -0.25) is 4.90 Å². The molecule has 1 aliphatic carbocycles. The van der Waals surface area contributed by atoms with Crippen LogP contribution in [0.5, 0.6) is 5.75 Å². The van der Waals surface area contributed by atoms with E-state index in [1.54, 1.807) is 7.11 Å². The van der Waals surface area contributed by atoms with E-state index in [0.717, 1.165) is 35.7 Å². The number of hydrogen-bond donors (Lipinski definition) is 1. The van der Waals surface area contributed by atoms with Gasteiger partial charge < -0.3 is 9.72 Å². The van der Waals surface area contributed by atoms with Crippen LogP contribution >= 0.6 is 0 Å². The number of H-pyrrole nitrogens is 1. The fourth-order valence-electron chi connectivity index (χ4n) is 5.71. The molecule has 1 aromatic heterocycles. The summed E-state index contributed by atoms with van der Waals surface area (Å²) >= 11 is 0. The van der Waals surface area contributed by atoms with Gasteiger partial charge in [0.15, 0.2) is 0 Å². The van der Waals surface area contributed by atoms with Crippen LogP contribution in [-0.4, -0.2) is 36.1 Å². The Bertz CT molecular complexity index is 799. The quantitative estimate of drug-likeness (QED) is 0.910. The lowest BCUT2D eigenvalue weighted by Crippen LogP contribution is -2.56. The standard InChI is InChI=1S/C20H26N2O/c1-3-13-8-12-9-17-19-15(6-7-22(11-12)20(13)17)16-10-14(23-2)4-5-18(16)21-19/h4-5,10,12-13,17,20-21H,3,6-9,11H2,1-2H3/t12-,13+,17+,20+/m1/s1/i10T. The Balaban J connectivity index is 1.70. The number of aromatic nitrogens is 1. The third-order valence-corrected chi connectivity index (χ3v) is 6.61. The maximum atomic E-state index is 8.58. The van der Waals surface area contributed by atoms with E-state index in [-0.39, 0.29) is 0 Å². The molecule has 4 heterocycles. The summed E-state index contributed by atoms with van der Waals surface area (Å²) in [5.74, 6) is 3.00. The molecule has 2 saturated heterocycles. The van der Waals surface area contributed by atoms with Crippen molar-refractivity contribution in [2.24, 2.45) is 11.8 Å². The van der Waals surface area contributed by atoms with Gasteiger partial charge in [-0.05, 0) is 54.8 Å². The second-order valence-electron chi connectivity index (χ2n) is 7.68. The highest BCUT2D eigenvalue weighted by atomic mass is 16.5. The molecule has 3 aliphatic heterocycles. The van der Waals surface area contributed by atoms with E-state index in [9.17, 15) is 0 Å². The normalized spacial score (nSPS) is 35.7. The van der Waals surface area contributed by atoms with Crippen molar-refractivity contribution in [2.45, 2.75) is 44.6 Å². The zero-order valence-electron chi connectivity index (χ0n) is 15.1. The van der Waals surface area contributed by atoms with Gasteiger partial charge in [-0.2, -0.15) is 0 Å². The lowest BCUT2D eigenvalue weighted by atomic mass is 9.65. The molecule has 4 aliphatic rings. The van der Waals surface area contributed by atoms with Crippen molar-refractivity contribution in [3.05, 3.63) is 29.4 Å². The molecular formula is C20H26N2O. The molecule has 4 bridgehead atoms. The van der Waals surface area contributed by atoms with Gasteiger partial charge in [-0.1, -0.05) is 13.3 Å². The largest absolute Gasteiger partial charge is 0.497 e. The molecule has 122 valence electrons. The summed E-state index contributed by atoms with van der Waals surface area (Å²) < 4.78 is 14.0. The van der Waals surface area contributed by atoms with E-state index < -0.39 is 0 Å². The molecule has 1 N–H and O–H groups in total. The van der Waals surface area contributed by atoms with Crippen molar-refractivity contribution in [2.75, 3.05) is 20.2 Å². The van der Waals surface area contributed by atoms with Crippen LogP contribution in [0.3, 0.4) is 0 Å². The fourth-order valence-corrected chi connectivity index (χ4v) is 5.71. The van der Waals surface area contributed by atoms with Crippen LogP contribution in [0.1, 0.15) is 44.7 Å². The van der Waals surface area contributed by atoms with Crippen molar-refractivity contribution in [1.29, 1.82) is 0 Å². The molecule has 2 aromatic rings. The predicted molar refractivity (Wildman–Crippen MR) is 93.2 cm³/mol. The first kappa shape index (κ1) is 12.9. The van der Waals surface area contributed by atoms with Gasteiger partial charge in [0, 0.05) is 41.6 Å². The Morgan fingerprint density at radius 1 is 1.39 bits per heavy atom. The number of piperidine rings is 2. The minimum absolute atomic E-state index is 0.552. The van der Waals surface area contributed by atoms with E-state index in [4.69, 9.17) is 6.11 Å².